The van der Waals surface area contributed by atoms with E-state index < -0.39 is 0 Å². The number of halogens is 1. The summed E-state index contributed by atoms with van der Waals surface area (Å²) in [6, 6.07) is 9.17. The van der Waals surface area contributed by atoms with Gasteiger partial charge in [0, 0.05) is 29.9 Å². The van der Waals surface area contributed by atoms with E-state index in [1.165, 1.54) is 19.3 Å². The molecule has 0 saturated heterocycles. The average molecular weight is 368 g/mol. The monoisotopic (exact) mass is 367 g/mol. The maximum atomic E-state index is 12.6. The lowest BCUT2D eigenvalue weighted by atomic mass is 10.1. The Bertz CT molecular complexity index is 1220. The second-order valence-corrected chi connectivity index (χ2v) is 6.36. The summed E-state index contributed by atoms with van der Waals surface area (Å²) in [6.45, 7) is 3.23. The third-order valence-electron chi connectivity index (χ3n) is 4.10. The predicted octanol–water partition coefficient (Wildman–Crippen LogP) is 2.76. The molecule has 0 unspecified atom stereocenters. The molecule has 7 nitrogen and oxygen atoms in total. The van der Waals surface area contributed by atoms with Gasteiger partial charge in [-0.1, -0.05) is 23.7 Å². The van der Waals surface area contributed by atoms with Gasteiger partial charge in [0.2, 0.25) is 5.91 Å². The molecule has 4 rings (SSSR count). The molecule has 0 fully saturated rings. The number of aryl methyl sites for hydroxylation is 1. The zero-order chi connectivity index (χ0) is 18.4. The smallest absolute Gasteiger partial charge is 0.274 e. The van der Waals surface area contributed by atoms with Crippen LogP contribution in [0.5, 0.6) is 0 Å². The van der Waals surface area contributed by atoms with Gasteiger partial charge in [-0.15, -0.1) is 0 Å². The van der Waals surface area contributed by atoms with E-state index in [1.54, 1.807) is 10.6 Å². The van der Waals surface area contributed by atoms with Gasteiger partial charge in [-0.05, 0) is 30.7 Å². The first-order valence-electron chi connectivity index (χ1n) is 7.89. The molecule has 0 radical (unpaired) electrons. The molecule has 0 saturated carbocycles. The quantitative estimate of drug-likeness (QED) is 0.590. The number of fused-ring (bicyclic) bond motifs is 3. The number of aromatic nitrogens is 4. The molecule has 1 aromatic carbocycles. The van der Waals surface area contributed by atoms with Gasteiger partial charge in [-0.2, -0.15) is 5.10 Å². The number of nitrogens with zero attached hydrogens (tertiary/aromatic N) is 4. The van der Waals surface area contributed by atoms with Crippen LogP contribution in [0.2, 0.25) is 5.02 Å². The van der Waals surface area contributed by atoms with Crippen LogP contribution in [0.1, 0.15) is 12.6 Å². The molecule has 1 amide bonds. The van der Waals surface area contributed by atoms with Gasteiger partial charge in [0.1, 0.15) is 0 Å². The first-order valence-corrected chi connectivity index (χ1v) is 8.27. The van der Waals surface area contributed by atoms with E-state index in [9.17, 15) is 9.59 Å². The zero-order valence-corrected chi connectivity index (χ0v) is 14.8. The number of hydrogen-bond donors (Lipinski definition) is 1. The number of carbonyl (C=O) groups is 1. The molecule has 0 aliphatic carbocycles. The van der Waals surface area contributed by atoms with Crippen molar-refractivity contribution in [1.29, 1.82) is 0 Å². The lowest BCUT2D eigenvalue weighted by molar-refractivity contribution is -0.115. The molecule has 130 valence electrons. The molecule has 0 aliphatic rings. The first-order chi connectivity index (χ1) is 12.5. The van der Waals surface area contributed by atoms with Gasteiger partial charge < -0.3 is 0 Å². The molecule has 3 aromatic heterocycles. The van der Waals surface area contributed by atoms with Crippen molar-refractivity contribution in [2.24, 2.45) is 0 Å². The third-order valence-corrected chi connectivity index (χ3v) is 4.35. The highest BCUT2D eigenvalue weighted by Gasteiger charge is 2.16. The highest BCUT2D eigenvalue weighted by molar-refractivity contribution is 6.30. The molecule has 0 aliphatic heterocycles. The Morgan fingerprint density at radius 3 is 2.62 bits per heavy atom. The van der Waals surface area contributed by atoms with E-state index in [2.05, 4.69) is 15.5 Å². The van der Waals surface area contributed by atoms with Crippen molar-refractivity contribution in [3.63, 3.8) is 0 Å². The summed E-state index contributed by atoms with van der Waals surface area (Å²) < 4.78 is 2.78. The van der Waals surface area contributed by atoms with Crippen LogP contribution in [0.15, 0.2) is 47.5 Å². The maximum Gasteiger partial charge on any atom is 0.280 e. The highest BCUT2D eigenvalue weighted by atomic mass is 35.5. The van der Waals surface area contributed by atoms with Gasteiger partial charge in [0.05, 0.1) is 16.6 Å². The van der Waals surface area contributed by atoms with E-state index in [1.807, 2.05) is 31.2 Å². The average Bonchev–Trinajstić information content (AvgIpc) is 2.94. The van der Waals surface area contributed by atoms with Crippen molar-refractivity contribution in [3.8, 4) is 11.1 Å². The van der Waals surface area contributed by atoms with Crippen LogP contribution in [-0.2, 0) is 4.79 Å². The zero-order valence-electron chi connectivity index (χ0n) is 14.0. The minimum atomic E-state index is -0.367. The van der Waals surface area contributed by atoms with Crippen LogP contribution in [0.25, 0.3) is 27.7 Å². The highest BCUT2D eigenvalue weighted by Crippen LogP contribution is 2.29. The summed E-state index contributed by atoms with van der Waals surface area (Å²) >= 11 is 5.97. The van der Waals surface area contributed by atoms with E-state index in [4.69, 9.17) is 11.6 Å². The maximum absolute atomic E-state index is 12.6. The van der Waals surface area contributed by atoms with Crippen molar-refractivity contribution in [1.82, 2.24) is 19.3 Å². The van der Waals surface area contributed by atoms with E-state index >= 15 is 0 Å². The number of benzene rings is 1. The van der Waals surface area contributed by atoms with Crippen LogP contribution in [0, 0.1) is 6.92 Å². The molecule has 0 atom stereocenters. The van der Waals surface area contributed by atoms with Crippen molar-refractivity contribution in [3.05, 3.63) is 63.8 Å². The van der Waals surface area contributed by atoms with Gasteiger partial charge in [0.25, 0.3) is 5.56 Å². The Morgan fingerprint density at radius 1 is 1.19 bits per heavy atom. The predicted molar refractivity (Wildman–Crippen MR) is 100.0 cm³/mol. The van der Waals surface area contributed by atoms with Gasteiger partial charge in [-0.3, -0.25) is 15.0 Å². The standard InChI is InChI=1S/C18H14ClN5O2/c1-10-16(12-3-5-13(19)6-4-12)17-20-9-14-15(24(17)21-10)7-8-23(18(14)26)22-11(2)25/h3-9H,1-2H3,(H,22,25). The van der Waals surface area contributed by atoms with Crippen LogP contribution < -0.4 is 11.0 Å². The second kappa shape index (κ2) is 5.96. The van der Waals surface area contributed by atoms with E-state index in [-0.39, 0.29) is 11.5 Å². The number of nitrogens with one attached hydrogen (secondary N) is 1. The van der Waals surface area contributed by atoms with Crippen LogP contribution in [0.3, 0.4) is 0 Å². The normalized spacial score (nSPS) is 11.2. The van der Waals surface area contributed by atoms with E-state index in [0.29, 0.717) is 21.6 Å². The fraction of sp³-hybridized carbons (Fsp3) is 0.111. The number of pyridine rings is 1. The number of amides is 1. The molecular weight excluding hydrogens is 354 g/mol. The fourth-order valence-electron chi connectivity index (χ4n) is 2.99. The summed E-state index contributed by atoms with van der Waals surface area (Å²) in [4.78, 5) is 28.2. The lowest BCUT2D eigenvalue weighted by Crippen LogP contribution is -2.31. The molecule has 4 aromatic rings. The van der Waals surface area contributed by atoms with Crippen molar-refractivity contribution >= 4 is 34.1 Å². The second-order valence-electron chi connectivity index (χ2n) is 5.92. The van der Waals surface area contributed by atoms with Crippen molar-refractivity contribution < 1.29 is 4.79 Å². The molecule has 0 bridgehead atoms. The lowest BCUT2D eigenvalue weighted by Gasteiger charge is -2.08. The summed E-state index contributed by atoms with van der Waals surface area (Å²) in [6.07, 6.45) is 3.01. The SMILES string of the molecule is CC(=O)Nn1ccc2c(cnc3c(-c4ccc(Cl)cc4)c(C)nn32)c1=O. The van der Waals surface area contributed by atoms with Crippen LogP contribution in [0.4, 0.5) is 0 Å². The minimum absolute atomic E-state index is 0.333. The van der Waals surface area contributed by atoms with Crippen LogP contribution >= 0.6 is 11.6 Å². The largest absolute Gasteiger partial charge is 0.280 e. The van der Waals surface area contributed by atoms with Crippen LogP contribution in [-0.4, -0.2) is 25.2 Å². The Kier molecular flexibility index (Phi) is 3.73. The summed E-state index contributed by atoms with van der Waals surface area (Å²) in [5.74, 6) is -0.333. The number of rotatable bonds is 2. The molecular formula is C18H14ClN5O2. The molecule has 26 heavy (non-hydrogen) atoms. The number of hydrogen-bond acceptors (Lipinski definition) is 4. The molecule has 8 heteroatoms. The Labute approximate surface area is 152 Å². The van der Waals surface area contributed by atoms with E-state index in [0.717, 1.165) is 21.5 Å². The van der Waals surface area contributed by atoms with Gasteiger partial charge in [0.15, 0.2) is 5.65 Å². The van der Waals surface area contributed by atoms with Crippen molar-refractivity contribution in [2.75, 3.05) is 5.43 Å². The minimum Gasteiger partial charge on any atom is -0.274 e. The van der Waals surface area contributed by atoms with Gasteiger partial charge in [-0.25, -0.2) is 14.2 Å². The first kappa shape index (κ1) is 16.3. The Balaban J connectivity index is 1.99. The summed E-state index contributed by atoms with van der Waals surface area (Å²) in [5.41, 5.74) is 5.97. The van der Waals surface area contributed by atoms with Crippen molar-refractivity contribution in [2.45, 2.75) is 13.8 Å². The fourth-order valence-corrected chi connectivity index (χ4v) is 3.11. The Morgan fingerprint density at radius 2 is 1.92 bits per heavy atom. The topological polar surface area (TPSA) is 81.3 Å². The molecule has 3 heterocycles. The molecule has 1 N–H and O–H groups in total. The Hall–Kier alpha value is -3.19. The summed E-state index contributed by atoms with van der Waals surface area (Å²) in [5, 5.41) is 5.57. The third kappa shape index (κ3) is 2.53. The molecule has 0 spiro atoms. The summed E-state index contributed by atoms with van der Waals surface area (Å²) in [7, 11) is 0. The van der Waals surface area contributed by atoms with Gasteiger partial charge >= 0.3 is 0 Å². The number of carbonyl (C=O) groups excluding carboxylic acids is 1.